The number of anilines is 1. The Balaban J connectivity index is 1.88. The van der Waals surface area contributed by atoms with Crippen molar-refractivity contribution in [3.05, 3.63) is 64.4 Å². The Bertz CT molecular complexity index is 683. The van der Waals surface area contributed by atoms with Crippen LogP contribution in [0.3, 0.4) is 0 Å². The van der Waals surface area contributed by atoms with Gasteiger partial charge in [-0.25, -0.2) is 9.82 Å². The van der Waals surface area contributed by atoms with Gasteiger partial charge in [0.15, 0.2) is 0 Å². The van der Waals surface area contributed by atoms with Crippen LogP contribution in [0.15, 0.2) is 47.6 Å². The molecule has 0 heterocycles. The van der Waals surface area contributed by atoms with Gasteiger partial charge in [0, 0.05) is 11.3 Å². The van der Waals surface area contributed by atoms with Gasteiger partial charge in [0.1, 0.15) is 5.82 Å². The van der Waals surface area contributed by atoms with E-state index in [0.29, 0.717) is 0 Å². The number of para-hydroxylation sites is 1. The van der Waals surface area contributed by atoms with Crippen molar-refractivity contribution in [3.63, 3.8) is 0 Å². The molecule has 0 radical (unpaired) electrons. The Morgan fingerprint density at radius 2 is 2.05 bits per heavy atom. The minimum atomic E-state index is -0.497. The molecule has 114 valence electrons. The van der Waals surface area contributed by atoms with Gasteiger partial charge in [-0.15, -0.1) is 0 Å². The fraction of sp³-hybridized carbons (Fsp3) is 0.125. The topological polar surface area (TPSA) is 53.5 Å². The lowest BCUT2D eigenvalue weighted by Crippen LogP contribution is -2.26. The molecular formula is C16H15ClFN3O. The highest BCUT2D eigenvalue weighted by Crippen LogP contribution is 2.16. The van der Waals surface area contributed by atoms with Crippen molar-refractivity contribution in [1.29, 1.82) is 0 Å². The van der Waals surface area contributed by atoms with Gasteiger partial charge in [-0.1, -0.05) is 35.9 Å². The largest absolute Gasteiger partial charge is 0.376 e. The normalized spacial score (nSPS) is 10.7. The first-order chi connectivity index (χ1) is 10.6. The maximum absolute atomic E-state index is 13.5. The third-order valence-electron chi connectivity index (χ3n) is 2.97. The Morgan fingerprint density at radius 3 is 2.77 bits per heavy atom. The first-order valence-corrected chi connectivity index (χ1v) is 7.01. The summed E-state index contributed by atoms with van der Waals surface area (Å²) in [7, 11) is 0. The van der Waals surface area contributed by atoms with Crippen LogP contribution >= 0.6 is 11.6 Å². The van der Waals surface area contributed by atoms with E-state index in [1.807, 2.05) is 31.2 Å². The van der Waals surface area contributed by atoms with Crippen LogP contribution in [0.25, 0.3) is 0 Å². The van der Waals surface area contributed by atoms with Gasteiger partial charge < -0.3 is 5.32 Å². The number of hydrogen-bond acceptors (Lipinski definition) is 3. The minimum absolute atomic E-state index is 0.0627. The van der Waals surface area contributed by atoms with Crippen molar-refractivity contribution in [3.8, 4) is 0 Å². The summed E-state index contributed by atoms with van der Waals surface area (Å²) < 4.78 is 13.5. The lowest BCUT2D eigenvalue weighted by atomic mass is 10.2. The molecule has 0 aliphatic rings. The van der Waals surface area contributed by atoms with Crippen LogP contribution in [0.1, 0.15) is 11.1 Å². The number of rotatable bonds is 5. The fourth-order valence-corrected chi connectivity index (χ4v) is 2.00. The van der Waals surface area contributed by atoms with Gasteiger partial charge in [-0.05, 0) is 30.7 Å². The zero-order chi connectivity index (χ0) is 15.9. The molecule has 0 bridgehead atoms. The Labute approximate surface area is 133 Å². The number of halogens is 2. The molecule has 0 atom stereocenters. The SMILES string of the molecule is Cc1ccccc1NCC(=O)N/N=C\c1c(F)cccc1Cl. The fourth-order valence-electron chi connectivity index (χ4n) is 1.79. The van der Waals surface area contributed by atoms with E-state index >= 15 is 0 Å². The van der Waals surface area contributed by atoms with Crippen molar-refractivity contribution in [2.75, 3.05) is 11.9 Å². The molecule has 0 spiro atoms. The van der Waals surface area contributed by atoms with Gasteiger partial charge in [-0.2, -0.15) is 5.10 Å². The smallest absolute Gasteiger partial charge is 0.259 e. The molecular weight excluding hydrogens is 305 g/mol. The zero-order valence-corrected chi connectivity index (χ0v) is 12.7. The van der Waals surface area contributed by atoms with E-state index in [1.165, 1.54) is 18.3 Å². The maximum atomic E-state index is 13.5. The van der Waals surface area contributed by atoms with Crippen LogP contribution in [0.5, 0.6) is 0 Å². The number of hydrogen-bond donors (Lipinski definition) is 2. The zero-order valence-electron chi connectivity index (χ0n) is 11.9. The molecule has 0 aliphatic heterocycles. The molecule has 0 saturated carbocycles. The molecule has 4 nitrogen and oxygen atoms in total. The summed E-state index contributed by atoms with van der Waals surface area (Å²) in [5, 5.41) is 6.94. The maximum Gasteiger partial charge on any atom is 0.259 e. The molecule has 2 rings (SSSR count). The van der Waals surface area contributed by atoms with E-state index in [2.05, 4.69) is 15.8 Å². The van der Waals surface area contributed by atoms with Crippen LogP contribution in [0.2, 0.25) is 5.02 Å². The third-order valence-corrected chi connectivity index (χ3v) is 3.30. The number of carbonyl (C=O) groups is 1. The van der Waals surface area contributed by atoms with Gasteiger partial charge >= 0.3 is 0 Å². The second-order valence-electron chi connectivity index (χ2n) is 4.60. The molecule has 0 aromatic heterocycles. The van der Waals surface area contributed by atoms with Gasteiger partial charge in [0.25, 0.3) is 5.91 Å². The summed E-state index contributed by atoms with van der Waals surface area (Å²) in [6.07, 6.45) is 1.18. The molecule has 6 heteroatoms. The van der Waals surface area contributed by atoms with E-state index in [1.54, 1.807) is 6.07 Å². The van der Waals surface area contributed by atoms with Crippen molar-refractivity contribution >= 4 is 29.4 Å². The Hall–Kier alpha value is -2.40. The highest BCUT2D eigenvalue weighted by Gasteiger charge is 2.04. The first-order valence-electron chi connectivity index (χ1n) is 6.63. The first kappa shape index (κ1) is 16.0. The number of hydrazone groups is 1. The van der Waals surface area contributed by atoms with E-state index in [4.69, 9.17) is 11.6 Å². The van der Waals surface area contributed by atoms with Crippen LogP contribution in [0, 0.1) is 12.7 Å². The van der Waals surface area contributed by atoms with Crippen LogP contribution in [-0.2, 0) is 4.79 Å². The summed E-state index contributed by atoms with van der Waals surface area (Å²) >= 11 is 5.85. The van der Waals surface area contributed by atoms with Crippen molar-refractivity contribution in [2.45, 2.75) is 6.92 Å². The molecule has 2 aromatic rings. The van der Waals surface area contributed by atoms with Gasteiger partial charge in [0.2, 0.25) is 0 Å². The number of carbonyl (C=O) groups excluding carboxylic acids is 1. The van der Waals surface area contributed by atoms with Crippen LogP contribution < -0.4 is 10.7 Å². The predicted molar refractivity (Wildman–Crippen MR) is 86.8 cm³/mol. The van der Waals surface area contributed by atoms with Crippen LogP contribution in [-0.4, -0.2) is 18.7 Å². The average Bonchev–Trinajstić information content (AvgIpc) is 2.49. The molecule has 2 N–H and O–H groups in total. The van der Waals surface area contributed by atoms with Crippen molar-refractivity contribution in [1.82, 2.24) is 5.43 Å². The molecule has 1 amide bonds. The van der Waals surface area contributed by atoms with E-state index < -0.39 is 5.82 Å². The molecule has 0 aliphatic carbocycles. The second-order valence-corrected chi connectivity index (χ2v) is 5.00. The summed E-state index contributed by atoms with van der Waals surface area (Å²) in [5.74, 6) is -0.838. The summed E-state index contributed by atoms with van der Waals surface area (Å²) in [5.41, 5.74) is 4.37. The minimum Gasteiger partial charge on any atom is -0.376 e. The average molecular weight is 320 g/mol. The van der Waals surface area contributed by atoms with Crippen LogP contribution in [0.4, 0.5) is 10.1 Å². The van der Waals surface area contributed by atoms with Crippen molar-refractivity contribution < 1.29 is 9.18 Å². The lowest BCUT2D eigenvalue weighted by molar-refractivity contribution is -0.119. The highest BCUT2D eigenvalue weighted by molar-refractivity contribution is 6.33. The quantitative estimate of drug-likeness (QED) is 0.656. The van der Waals surface area contributed by atoms with E-state index in [-0.39, 0.29) is 23.0 Å². The Kier molecular flexibility index (Phi) is 5.49. The van der Waals surface area contributed by atoms with Gasteiger partial charge in [0.05, 0.1) is 17.8 Å². The number of amides is 1. The number of nitrogens with one attached hydrogen (secondary N) is 2. The summed E-state index contributed by atoms with van der Waals surface area (Å²) in [4.78, 5) is 11.7. The predicted octanol–water partition coefficient (Wildman–Crippen LogP) is 3.35. The summed E-state index contributed by atoms with van der Waals surface area (Å²) in [6, 6.07) is 11.9. The number of nitrogens with zero attached hydrogens (tertiary/aromatic N) is 1. The number of benzene rings is 2. The van der Waals surface area contributed by atoms with Gasteiger partial charge in [-0.3, -0.25) is 4.79 Å². The molecule has 0 fully saturated rings. The van der Waals surface area contributed by atoms with Crippen molar-refractivity contribution in [2.24, 2.45) is 5.10 Å². The molecule has 0 saturated heterocycles. The summed E-state index contributed by atoms with van der Waals surface area (Å²) in [6.45, 7) is 2.01. The lowest BCUT2D eigenvalue weighted by Gasteiger charge is -2.07. The molecule has 2 aromatic carbocycles. The monoisotopic (exact) mass is 319 g/mol. The standard InChI is InChI=1S/C16H15ClFN3O/c1-11-5-2-3-8-15(11)19-10-16(22)21-20-9-12-13(17)6-4-7-14(12)18/h2-9,19H,10H2,1H3,(H,21,22)/b20-9-. The molecule has 0 unspecified atom stereocenters. The van der Waals surface area contributed by atoms with E-state index in [9.17, 15) is 9.18 Å². The van der Waals surface area contributed by atoms with E-state index in [0.717, 1.165) is 11.3 Å². The number of aryl methyl sites for hydroxylation is 1. The highest BCUT2D eigenvalue weighted by atomic mass is 35.5. The Morgan fingerprint density at radius 1 is 1.27 bits per heavy atom. The molecule has 22 heavy (non-hydrogen) atoms. The third kappa shape index (κ3) is 4.30. The second kappa shape index (κ2) is 7.56.